The molecule has 7 nitrogen and oxygen atoms in total. The number of carbonyl (C=O) groups excluding carboxylic acids is 2. The minimum atomic E-state index is -0.768. The fourth-order valence-electron chi connectivity index (χ4n) is 2.60. The van der Waals surface area contributed by atoms with Gasteiger partial charge in [-0.1, -0.05) is 0 Å². The molecule has 2 rings (SSSR count). The summed E-state index contributed by atoms with van der Waals surface area (Å²) in [6.45, 7) is 7.89. The lowest BCUT2D eigenvalue weighted by molar-refractivity contribution is 0.0615. The maximum Gasteiger partial charge on any atom is 0.436 e. The Labute approximate surface area is 159 Å². The average Bonchev–Trinajstić information content (AvgIpc) is 2.69. The fourth-order valence-corrected chi connectivity index (χ4v) is 2.60. The number of carbonyl (C=O) groups is 2. The summed E-state index contributed by atoms with van der Waals surface area (Å²) in [6, 6.07) is 12.2. The van der Waals surface area contributed by atoms with Gasteiger partial charge in [-0.2, -0.15) is 5.48 Å². The lowest BCUT2D eigenvalue weighted by atomic mass is 10.1. The Morgan fingerprint density at radius 1 is 1.04 bits per heavy atom. The number of rotatable bonds is 6. The van der Waals surface area contributed by atoms with E-state index < -0.39 is 12.0 Å². The highest BCUT2D eigenvalue weighted by Gasteiger charge is 2.11. The number of anilines is 2. The topological polar surface area (TPSA) is 79.9 Å². The zero-order valence-electron chi connectivity index (χ0n) is 16.0. The SMILES string of the molecule is CCN(CC)c1ccc(NC(=O)ONC(=O)c2ccc(OC)cc2)c(C)c1. The van der Waals surface area contributed by atoms with Crippen LogP contribution in [0.2, 0.25) is 0 Å². The van der Waals surface area contributed by atoms with Gasteiger partial charge in [-0.3, -0.25) is 10.1 Å². The van der Waals surface area contributed by atoms with E-state index in [1.807, 2.05) is 25.1 Å². The van der Waals surface area contributed by atoms with Gasteiger partial charge in [0.25, 0.3) is 5.91 Å². The Kier molecular flexibility index (Phi) is 7.05. The summed E-state index contributed by atoms with van der Waals surface area (Å²) >= 11 is 0. The predicted octanol–water partition coefficient (Wildman–Crippen LogP) is 3.74. The minimum absolute atomic E-state index is 0.350. The standard InChI is InChI=1S/C20H25N3O4/c1-5-23(6-2)16-9-12-18(14(3)13-16)21-20(25)27-22-19(24)15-7-10-17(26-4)11-8-15/h7-13H,5-6H2,1-4H3,(H,21,25)(H,22,24). The molecule has 0 heterocycles. The minimum Gasteiger partial charge on any atom is -0.497 e. The second-order valence-electron chi connectivity index (χ2n) is 5.85. The summed E-state index contributed by atoms with van der Waals surface area (Å²) in [5.74, 6) is 0.107. The molecule has 27 heavy (non-hydrogen) atoms. The van der Waals surface area contributed by atoms with Gasteiger partial charge in [0.1, 0.15) is 5.75 Å². The maximum atomic E-state index is 12.0. The molecule has 2 amide bonds. The first-order valence-corrected chi connectivity index (χ1v) is 8.76. The van der Waals surface area contributed by atoms with Crippen LogP contribution in [0.3, 0.4) is 0 Å². The number of amides is 2. The van der Waals surface area contributed by atoms with E-state index >= 15 is 0 Å². The molecule has 2 aromatic rings. The van der Waals surface area contributed by atoms with Crippen LogP contribution in [0.25, 0.3) is 0 Å². The van der Waals surface area contributed by atoms with Crippen LogP contribution < -0.4 is 20.4 Å². The van der Waals surface area contributed by atoms with Crippen molar-refractivity contribution >= 4 is 23.4 Å². The molecule has 0 unspecified atom stereocenters. The number of ether oxygens (including phenoxy) is 1. The van der Waals surface area contributed by atoms with Crippen molar-refractivity contribution in [3.8, 4) is 5.75 Å². The van der Waals surface area contributed by atoms with E-state index in [-0.39, 0.29) is 0 Å². The number of benzene rings is 2. The third-order valence-corrected chi connectivity index (χ3v) is 4.16. The zero-order chi connectivity index (χ0) is 19.8. The molecule has 0 saturated heterocycles. The van der Waals surface area contributed by atoms with Gasteiger partial charge in [-0.25, -0.2) is 4.79 Å². The average molecular weight is 371 g/mol. The van der Waals surface area contributed by atoms with Crippen LogP contribution >= 0.6 is 0 Å². The summed E-state index contributed by atoms with van der Waals surface area (Å²) in [5.41, 5.74) is 5.08. The fraction of sp³-hybridized carbons (Fsp3) is 0.300. The van der Waals surface area contributed by atoms with E-state index in [1.165, 1.54) is 0 Å². The van der Waals surface area contributed by atoms with E-state index in [9.17, 15) is 9.59 Å². The van der Waals surface area contributed by atoms with Gasteiger partial charge >= 0.3 is 6.09 Å². The molecule has 0 radical (unpaired) electrons. The Hall–Kier alpha value is -3.22. The molecule has 0 aromatic heterocycles. The van der Waals surface area contributed by atoms with Gasteiger partial charge in [-0.15, -0.1) is 0 Å². The van der Waals surface area contributed by atoms with Gasteiger partial charge in [0.15, 0.2) is 0 Å². The Morgan fingerprint density at radius 3 is 2.26 bits per heavy atom. The molecule has 0 fully saturated rings. The van der Waals surface area contributed by atoms with Gasteiger partial charge in [-0.05, 0) is 68.8 Å². The highest BCUT2D eigenvalue weighted by Crippen LogP contribution is 2.22. The summed E-state index contributed by atoms with van der Waals surface area (Å²) < 4.78 is 5.03. The van der Waals surface area contributed by atoms with E-state index in [0.717, 1.165) is 24.3 Å². The molecule has 144 valence electrons. The van der Waals surface area contributed by atoms with E-state index in [4.69, 9.17) is 9.57 Å². The molecular weight excluding hydrogens is 346 g/mol. The maximum absolute atomic E-state index is 12.0. The molecule has 0 aliphatic rings. The number of methoxy groups -OCH3 is 1. The second kappa shape index (κ2) is 9.47. The Balaban J connectivity index is 1.92. The summed E-state index contributed by atoms with van der Waals surface area (Å²) in [6.07, 6.45) is -0.768. The predicted molar refractivity (Wildman–Crippen MR) is 105 cm³/mol. The first-order chi connectivity index (χ1) is 13.0. The van der Waals surface area contributed by atoms with Gasteiger partial charge in [0, 0.05) is 30.0 Å². The van der Waals surface area contributed by atoms with Crippen LogP contribution in [0.1, 0.15) is 29.8 Å². The number of hydroxylamine groups is 1. The smallest absolute Gasteiger partial charge is 0.436 e. The van der Waals surface area contributed by atoms with Crippen LogP contribution in [0.5, 0.6) is 5.75 Å². The van der Waals surface area contributed by atoms with Crippen LogP contribution in [0, 0.1) is 6.92 Å². The lowest BCUT2D eigenvalue weighted by Crippen LogP contribution is -2.29. The monoisotopic (exact) mass is 371 g/mol. The molecule has 0 aliphatic heterocycles. The molecular formula is C20H25N3O4. The molecule has 7 heteroatoms. The largest absolute Gasteiger partial charge is 0.497 e. The van der Waals surface area contributed by atoms with Crippen molar-refractivity contribution in [2.45, 2.75) is 20.8 Å². The normalized spacial score (nSPS) is 10.1. The van der Waals surface area contributed by atoms with Gasteiger partial charge in [0.05, 0.1) is 7.11 Å². The first kappa shape index (κ1) is 20.1. The Morgan fingerprint density at radius 2 is 1.70 bits per heavy atom. The van der Waals surface area contributed by atoms with Crippen molar-refractivity contribution in [2.75, 3.05) is 30.4 Å². The molecule has 0 bridgehead atoms. The highest BCUT2D eigenvalue weighted by atomic mass is 16.7. The van der Waals surface area contributed by atoms with Crippen molar-refractivity contribution in [3.63, 3.8) is 0 Å². The summed E-state index contributed by atoms with van der Waals surface area (Å²) in [4.78, 5) is 31.0. The molecule has 2 aromatic carbocycles. The Bertz CT molecular complexity index is 786. The molecule has 0 spiro atoms. The zero-order valence-corrected chi connectivity index (χ0v) is 16.0. The molecule has 2 N–H and O–H groups in total. The van der Waals surface area contributed by atoms with E-state index in [1.54, 1.807) is 31.4 Å². The number of nitrogens with zero attached hydrogens (tertiary/aromatic N) is 1. The highest BCUT2D eigenvalue weighted by molar-refractivity contribution is 5.95. The summed E-state index contributed by atoms with van der Waals surface area (Å²) in [5, 5.41) is 2.62. The number of aryl methyl sites for hydroxylation is 1. The quantitative estimate of drug-likeness (QED) is 0.756. The molecule has 0 atom stereocenters. The number of hydrogen-bond acceptors (Lipinski definition) is 5. The number of nitrogens with one attached hydrogen (secondary N) is 2. The lowest BCUT2D eigenvalue weighted by Gasteiger charge is -2.22. The van der Waals surface area contributed by atoms with Gasteiger partial charge in [0.2, 0.25) is 0 Å². The summed E-state index contributed by atoms with van der Waals surface area (Å²) in [7, 11) is 1.54. The van der Waals surface area contributed by atoms with Crippen molar-refractivity contribution in [1.82, 2.24) is 5.48 Å². The van der Waals surface area contributed by atoms with Crippen molar-refractivity contribution < 1.29 is 19.2 Å². The third-order valence-electron chi connectivity index (χ3n) is 4.16. The van der Waals surface area contributed by atoms with Crippen LogP contribution in [0.4, 0.5) is 16.2 Å². The van der Waals surface area contributed by atoms with E-state index in [2.05, 4.69) is 29.5 Å². The first-order valence-electron chi connectivity index (χ1n) is 8.76. The van der Waals surface area contributed by atoms with Crippen molar-refractivity contribution in [3.05, 3.63) is 53.6 Å². The third kappa shape index (κ3) is 5.37. The van der Waals surface area contributed by atoms with Gasteiger partial charge < -0.3 is 14.5 Å². The van der Waals surface area contributed by atoms with Crippen molar-refractivity contribution in [2.24, 2.45) is 0 Å². The van der Waals surface area contributed by atoms with E-state index in [0.29, 0.717) is 17.0 Å². The molecule has 0 aliphatic carbocycles. The van der Waals surface area contributed by atoms with Crippen LogP contribution in [-0.2, 0) is 4.84 Å². The van der Waals surface area contributed by atoms with Crippen LogP contribution in [-0.4, -0.2) is 32.2 Å². The second-order valence-corrected chi connectivity index (χ2v) is 5.85. The van der Waals surface area contributed by atoms with Crippen molar-refractivity contribution in [1.29, 1.82) is 0 Å². The molecule has 0 saturated carbocycles. The number of hydrogen-bond donors (Lipinski definition) is 2. The van der Waals surface area contributed by atoms with Crippen LogP contribution in [0.15, 0.2) is 42.5 Å².